The van der Waals surface area contributed by atoms with Gasteiger partial charge in [-0.15, -0.1) is 0 Å². The first-order valence-corrected chi connectivity index (χ1v) is 13.2. The summed E-state index contributed by atoms with van der Waals surface area (Å²) in [4.78, 5) is 30.3. The number of ether oxygens (including phenoxy) is 1. The Bertz CT molecular complexity index is 1090. The lowest BCUT2D eigenvalue weighted by atomic mass is 9.92. The summed E-state index contributed by atoms with van der Waals surface area (Å²) in [6.07, 6.45) is -4.61. The number of hydrogen-bond donors (Lipinski definition) is 5. The number of pyridine rings is 2. The van der Waals surface area contributed by atoms with E-state index in [1.165, 1.54) is 0 Å². The zero-order valence-electron chi connectivity index (χ0n) is 20.2. The Labute approximate surface area is 198 Å². The van der Waals surface area contributed by atoms with Crippen LogP contribution in [0.5, 0.6) is 0 Å². The monoisotopic (exact) mass is 498 g/mol. The lowest BCUT2D eigenvalue weighted by Crippen LogP contribution is -2.40. The molecule has 0 saturated carbocycles. The minimum atomic E-state index is -4.46. The van der Waals surface area contributed by atoms with Crippen LogP contribution < -0.4 is 5.56 Å². The van der Waals surface area contributed by atoms with Gasteiger partial charge in [-0.05, 0) is 51.3 Å². The SMILES string of the molecule is CCC(C)(C[C@H]1O[C@@H](c2cc3ccc(C)[nH]c-3nc2=O)[C@@H](O)C1O)OP(=O)(O)C(O)(CC)CC. The molecule has 11 heteroatoms. The molecule has 0 aromatic carbocycles. The number of aromatic amines is 1. The molecule has 5 N–H and O–H groups in total. The van der Waals surface area contributed by atoms with Gasteiger partial charge in [-0.2, -0.15) is 4.98 Å². The van der Waals surface area contributed by atoms with Gasteiger partial charge in [-0.25, -0.2) is 0 Å². The topological polar surface area (TPSA) is 162 Å². The molecule has 0 amide bonds. The first kappa shape index (κ1) is 26.9. The van der Waals surface area contributed by atoms with Crippen LogP contribution in [0.2, 0.25) is 0 Å². The molecule has 0 aliphatic carbocycles. The third-order valence-corrected chi connectivity index (χ3v) is 9.30. The largest absolute Gasteiger partial charge is 0.388 e. The summed E-state index contributed by atoms with van der Waals surface area (Å²) in [7, 11) is -4.46. The van der Waals surface area contributed by atoms with Crippen molar-refractivity contribution in [1.82, 2.24) is 9.97 Å². The zero-order valence-corrected chi connectivity index (χ0v) is 21.1. The average molecular weight is 499 g/mol. The van der Waals surface area contributed by atoms with Gasteiger partial charge in [0.15, 0.2) is 5.34 Å². The summed E-state index contributed by atoms with van der Waals surface area (Å²) in [6, 6.07) is 5.19. The number of aryl methyl sites for hydroxylation is 1. The van der Waals surface area contributed by atoms with E-state index in [0.717, 1.165) is 5.69 Å². The van der Waals surface area contributed by atoms with Crippen LogP contribution in [0.15, 0.2) is 23.0 Å². The van der Waals surface area contributed by atoms with Gasteiger partial charge in [0, 0.05) is 17.7 Å². The molecule has 0 aromatic rings. The van der Waals surface area contributed by atoms with Gasteiger partial charge >= 0.3 is 7.60 Å². The van der Waals surface area contributed by atoms with E-state index in [1.807, 2.05) is 13.0 Å². The van der Waals surface area contributed by atoms with Gasteiger partial charge in [-0.1, -0.05) is 20.8 Å². The van der Waals surface area contributed by atoms with Crippen molar-refractivity contribution in [3.63, 3.8) is 0 Å². The fourth-order valence-corrected chi connectivity index (χ4v) is 6.05. The predicted octanol–water partition coefficient (Wildman–Crippen LogP) is 2.61. The normalized spacial score (nSPS) is 27.0. The number of H-pyrrole nitrogens is 1. The van der Waals surface area contributed by atoms with Gasteiger partial charge < -0.3 is 34.5 Å². The molecule has 3 heterocycles. The third-order valence-electron chi connectivity index (χ3n) is 6.93. The fraction of sp³-hybridized carbons (Fsp3) is 0.652. The number of aromatic nitrogens is 2. The second-order valence-corrected chi connectivity index (χ2v) is 11.4. The summed E-state index contributed by atoms with van der Waals surface area (Å²) < 4.78 is 24.5. The molecule has 0 radical (unpaired) electrons. The maximum Gasteiger partial charge on any atom is 0.359 e. The highest BCUT2D eigenvalue weighted by Gasteiger charge is 2.51. The Hall–Kier alpha value is -1.65. The van der Waals surface area contributed by atoms with Crippen LogP contribution in [0.3, 0.4) is 0 Å². The molecule has 3 unspecified atom stereocenters. The average Bonchev–Trinajstić information content (AvgIpc) is 3.05. The first-order valence-electron chi connectivity index (χ1n) is 11.6. The summed E-state index contributed by atoms with van der Waals surface area (Å²) in [5.41, 5.74) is -0.251. The lowest BCUT2D eigenvalue weighted by molar-refractivity contribution is -0.0545. The van der Waals surface area contributed by atoms with E-state index < -0.39 is 48.5 Å². The zero-order chi connectivity index (χ0) is 25.5. The maximum atomic E-state index is 12.9. The van der Waals surface area contributed by atoms with Crippen LogP contribution in [0, 0.1) is 6.92 Å². The van der Waals surface area contributed by atoms with Gasteiger partial charge in [-0.3, -0.25) is 9.36 Å². The first-order chi connectivity index (χ1) is 15.8. The molecule has 10 nitrogen and oxygen atoms in total. The van der Waals surface area contributed by atoms with E-state index in [9.17, 15) is 29.6 Å². The predicted molar refractivity (Wildman–Crippen MR) is 126 cm³/mol. The lowest BCUT2D eigenvalue weighted by Gasteiger charge is -2.38. The number of rotatable bonds is 9. The van der Waals surface area contributed by atoms with Crippen LogP contribution in [0.25, 0.3) is 11.4 Å². The number of fused-ring (bicyclic) bond motifs is 1. The van der Waals surface area contributed by atoms with E-state index in [-0.39, 0.29) is 31.2 Å². The molecule has 3 aliphatic heterocycles. The molecule has 1 saturated heterocycles. The fourth-order valence-electron chi connectivity index (χ4n) is 4.28. The van der Waals surface area contributed by atoms with Gasteiger partial charge in [0.05, 0.1) is 17.3 Å². The van der Waals surface area contributed by atoms with Crippen molar-refractivity contribution in [2.45, 2.75) is 95.7 Å². The Morgan fingerprint density at radius 2 is 1.82 bits per heavy atom. The Balaban J connectivity index is 1.86. The standard InChI is InChI=1S/C23H35N2O8P/c1-6-22(5,33-34(30,31)23(29,7-2)8-3)12-16-17(26)18(27)19(32-16)15-11-14-10-9-13(4)24-20(14)25-21(15)28/h9-11,16-19,26-27,29H,6-8,12H2,1-5H3,(H,30,31)(H,24,25,28)/t16-,17?,18+,19+,22?/m1/s1. The number of aliphatic hydroxyl groups is 3. The molecule has 0 bridgehead atoms. The quantitative estimate of drug-likeness (QED) is 0.327. The Morgan fingerprint density at radius 3 is 2.41 bits per heavy atom. The van der Waals surface area contributed by atoms with Crippen LogP contribution in [0.1, 0.15) is 70.7 Å². The molecule has 0 spiro atoms. The molecule has 0 aromatic heterocycles. The molecule has 3 aliphatic rings. The van der Waals surface area contributed by atoms with E-state index in [1.54, 1.807) is 39.8 Å². The molecular formula is C23H35N2O8P. The van der Waals surface area contributed by atoms with Gasteiger partial charge in [0.1, 0.15) is 24.1 Å². The van der Waals surface area contributed by atoms with Crippen molar-refractivity contribution >= 4 is 7.60 Å². The summed E-state index contributed by atoms with van der Waals surface area (Å²) in [5.74, 6) is 0.406. The molecule has 3 rings (SSSR count). The highest BCUT2D eigenvalue weighted by atomic mass is 31.2. The summed E-state index contributed by atoms with van der Waals surface area (Å²) in [5, 5.41) is 30.1. The highest BCUT2D eigenvalue weighted by Crippen LogP contribution is 2.60. The number of nitrogens with zero attached hydrogens (tertiary/aromatic N) is 1. The van der Waals surface area contributed by atoms with Crippen molar-refractivity contribution in [3.8, 4) is 11.4 Å². The molecule has 1 fully saturated rings. The van der Waals surface area contributed by atoms with Crippen molar-refractivity contribution < 1.29 is 34.0 Å². The van der Waals surface area contributed by atoms with Crippen molar-refractivity contribution in [2.75, 3.05) is 0 Å². The van der Waals surface area contributed by atoms with Crippen LogP contribution in [0.4, 0.5) is 0 Å². The number of aliphatic hydroxyl groups excluding tert-OH is 2. The van der Waals surface area contributed by atoms with E-state index in [2.05, 4.69) is 9.97 Å². The van der Waals surface area contributed by atoms with Gasteiger partial charge in [0.25, 0.3) is 5.56 Å². The second kappa shape index (κ2) is 9.78. The Morgan fingerprint density at radius 1 is 1.18 bits per heavy atom. The summed E-state index contributed by atoms with van der Waals surface area (Å²) >= 11 is 0. The van der Waals surface area contributed by atoms with Gasteiger partial charge in [0.2, 0.25) is 0 Å². The minimum Gasteiger partial charge on any atom is -0.388 e. The highest BCUT2D eigenvalue weighted by molar-refractivity contribution is 7.54. The van der Waals surface area contributed by atoms with Crippen LogP contribution in [-0.2, 0) is 13.8 Å². The van der Waals surface area contributed by atoms with Crippen molar-refractivity contribution in [1.29, 1.82) is 0 Å². The van der Waals surface area contributed by atoms with Crippen LogP contribution in [-0.4, -0.2) is 59.4 Å². The molecular weight excluding hydrogens is 463 g/mol. The van der Waals surface area contributed by atoms with E-state index in [0.29, 0.717) is 11.4 Å². The number of hydrogen-bond acceptors (Lipinski definition) is 8. The smallest absolute Gasteiger partial charge is 0.359 e. The Kier molecular flexibility index (Phi) is 7.75. The van der Waals surface area contributed by atoms with Crippen molar-refractivity contribution in [3.05, 3.63) is 39.8 Å². The molecule has 190 valence electrons. The second-order valence-electron chi connectivity index (χ2n) is 9.35. The van der Waals surface area contributed by atoms with Crippen molar-refractivity contribution in [2.24, 2.45) is 0 Å². The molecule has 34 heavy (non-hydrogen) atoms. The van der Waals surface area contributed by atoms with E-state index in [4.69, 9.17) is 9.26 Å². The van der Waals surface area contributed by atoms with Crippen LogP contribution >= 0.6 is 7.60 Å². The molecule has 6 atom stereocenters. The van der Waals surface area contributed by atoms with E-state index >= 15 is 0 Å². The minimum absolute atomic E-state index is 0.0264. The third kappa shape index (κ3) is 4.99. The number of nitrogens with one attached hydrogen (secondary N) is 1. The summed E-state index contributed by atoms with van der Waals surface area (Å²) in [6.45, 7) is 8.37. The maximum absolute atomic E-state index is 12.9.